The zero-order valence-corrected chi connectivity index (χ0v) is 24.5. The van der Waals surface area contributed by atoms with Gasteiger partial charge in [0.1, 0.15) is 0 Å². The van der Waals surface area contributed by atoms with Crippen molar-refractivity contribution in [1.82, 2.24) is 0 Å². The summed E-state index contributed by atoms with van der Waals surface area (Å²) in [7, 11) is 0. The molecular weight excluding hydrogens is 466 g/mol. The van der Waals surface area contributed by atoms with Crippen LogP contribution >= 0.6 is 28.3 Å². The Morgan fingerprint density at radius 1 is 0.818 bits per heavy atom. The van der Waals surface area contributed by atoms with E-state index in [1.165, 1.54) is 77.0 Å². The van der Waals surface area contributed by atoms with E-state index in [0.717, 1.165) is 41.9 Å². The summed E-state index contributed by atoms with van der Waals surface area (Å²) in [6.45, 7) is 12.6. The van der Waals surface area contributed by atoms with Crippen LogP contribution in [0.3, 0.4) is 0 Å². The predicted molar refractivity (Wildman–Crippen MR) is 145 cm³/mol. The second-order valence-electron chi connectivity index (χ2n) is 13.8. The first kappa shape index (κ1) is 26.9. The summed E-state index contributed by atoms with van der Waals surface area (Å²) in [6.07, 6.45) is 18.9. The van der Waals surface area contributed by atoms with Crippen LogP contribution in [-0.2, 0) is 4.57 Å². The van der Waals surface area contributed by atoms with E-state index in [4.69, 9.17) is 22.5 Å². The smallest absolute Gasteiger partial charge is 0.253 e. The standard InChI is InChI=1S/C29H51Cl2OP/c1-20(2)22(16-19-33(30,31)32)10-9-21(3)25-13-14-26-24-12-11-23-8-6-7-17-28(23,4)27(24)15-18-29(25,26)5/h20-27H,6-19H2,1-5H3/t21-,22+,23?,24+,25-,26+,27+,28+,29-/m1/s1. The van der Waals surface area contributed by atoms with E-state index in [0.29, 0.717) is 28.8 Å². The molecule has 4 fully saturated rings. The van der Waals surface area contributed by atoms with Crippen molar-refractivity contribution in [2.75, 3.05) is 6.16 Å². The normalized spacial score (nSPS) is 43.0. The molecule has 0 aromatic carbocycles. The summed E-state index contributed by atoms with van der Waals surface area (Å²) >= 11 is 11.7. The molecule has 0 N–H and O–H groups in total. The van der Waals surface area contributed by atoms with Crippen molar-refractivity contribution >= 4 is 28.3 Å². The minimum Gasteiger partial charge on any atom is -0.289 e. The molecule has 0 spiro atoms. The van der Waals surface area contributed by atoms with Crippen LogP contribution in [0.15, 0.2) is 0 Å². The second kappa shape index (κ2) is 10.3. The Balaban J connectivity index is 1.40. The molecule has 4 saturated carbocycles. The Morgan fingerprint density at radius 2 is 1.55 bits per heavy atom. The fraction of sp³-hybridized carbons (Fsp3) is 1.00. The molecule has 9 atom stereocenters. The fourth-order valence-electron chi connectivity index (χ4n) is 10.1. The van der Waals surface area contributed by atoms with Gasteiger partial charge in [-0.15, -0.1) is 0 Å². The molecule has 1 nitrogen and oxygen atoms in total. The Morgan fingerprint density at radius 3 is 2.24 bits per heavy atom. The number of hydrogen-bond donors (Lipinski definition) is 0. The average Bonchev–Trinajstić information content (AvgIpc) is 3.09. The maximum atomic E-state index is 11.8. The monoisotopic (exact) mass is 516 g/mol. The van der Waals surface area contributed by atoms with Crippen LogP contribution in [0.4, 0.5) is 0 Å². The van der Waals surface area contributed by atoms with E-state index in [1.54, 1.807) is 0 Å². The average molecular weight is 518 g/mol. The largest absolute Gasteiger partial charge is 0.289 e. The Hall–Kier alpha value is 0.810. The second-order valence-corrected chi connectivity index (χ2v) is 19.2. The third kappa shape index (κ3) is 5.42. The Kier molecular flexibility index (Phi) is 8.37. The molecule has 33 heavy (non-hydrogen) atoms. The lowest BCUT2D eigenvalue weighted by Gasteiger charge is -2.61. The van der Waals surface area contributed by atoms with Crippen molar-refractivity contribution in [3.63, 3.8) is 0 Å². The van der Waals surface area contributed by atoms with E-state index in [9.17, 15) is 4.57 Å². The van der Waals surface area contributed by atoms with Crippen molar-refractivity contribution in [2.45, 2.75) is 118 Å². The number of fused-ring (bicyclic) bond motifs is 5. The zero-order chi connectivity index (χ0) is 24.0. The van der Waals surface area contributed by atoms with E-state index in [2.05, 4.69) is 34.6 Å². The van der Waals surface area contributed by atoms with E-state index >= 15 is 0 Å². The van der Waals surface area contributed by atoms with Gasteiger partial charge in [-0.3, -0.25) is 4.57 Å². The fourth-order valence-corrected chi connectivity index (χ4v) is 11.3. The third-order valence-corrected chi connectivity index (χ3v) is 13.8. The summed E-state index contributed by atoms with van der Waals surface area (Å²) in [4.78, 5) is 0. The first-order valence-electron chi connectivity index (χ1n) is 14.4. The Labute approximate surface area is 214 Å². The summed E-state index contributed by atoms with van der Waals surface area (Å²) in [5.74, 6) is 3.94. The van der Waals surface area contributed by atoms with Gasteiger partial charge >= 0.3 is 0 Å². The van der Waals surface area contributed by atoms with Gasteiger partial charge in [-0.05, 0) is 145 Å². The first-order chi connectivity index (χ1) is 15.5. The van der Waals surface area contributed by atoms with Crippen LogP contribution in [0, 0.1) is 58.2 Å². The maximum Gasteiger partial charge on any atom is 0.253 e. The summed E-state index contributed by atoms with van der Waals surface area (Å²) in [6, 6.07) is 0. The molecule has 0 heterocycles. The highest BCUT2D eigenvalue weighted by molar-refractivity contribution is 8.08. The minimum atomic E-state index is -2.94. The van der Waals surface area contributed by atoms with Gasteiger partial charge in [-0.25, -0.2) is 0 Å². The van der Waals surface area contributed by atoms with Gasteiger partial charge in [0.15, 0.2) is 0 Å². The van der Waals surface area contributed by atoms with Crippen LogP contribution < -0.4 is 0 Å². The van der Waals surface area contributed by atoms with E-state index < -0.39 is 5.85 Å². The molecule has 1 unspecified atom stereocenters. The summed E-state index contributed by atoms with van der Waals surface area (Å²) < 4.78 is 11.8. The number of halogens is 2. The van der Waals surface area contributed by atoms with Gasteiger partial charge in [-0.1, -0.05) is 53.9 Å². The van der Waals surface area contributed by atoms with E-state index in [-0.39, 0.29) is 0 Å². The summed E-state index contributed by atoms with van der Waals surface area (Å²) in [5.41, 5.74) is 1.22. The lowest BCUT2D eigenvalue weighted by molar-refractivity contribution is -0.114. The summed E-state index contributed by atoms with van der Waals surface area (Å²) in [5, 5.41) is 0. The van der Waals surface area contributed by atoms with Gasteiger partial charge in [-0.2, -0.15) is 0 Å². The zero-order valence-electron chi connectivity index (χ0n) is 22.1. The molecule has 4 aliphatic carbocycles. The molecule has 0 amide bonds. The quantitative estimate of drug-likeness (QED) is 0.293. The van der Waals surface area contributed by atoms with Gasteiger partial charge in [0.2, 0.25) is 0 Å². The highest BCUT2D eigenvalue weighted by atomic mass is 35.9. The van der Waals surface area contributed by atoms with Crippen LogP contribution in [0.2, 0.25) is 0 Å². The molecule has 0 aromatic rings. The van der Waals surface area contributed by atoms with Crippen LogP contribution in [0.1, 0.15) is 118 Å². The molecule has 4 rings (SSSR count). The lowest BCUT2D eigenvalue weighted by atomic mass is 9.44. The SMILES string of the molecule is CC(C)[C@@H](CC[C@@H](C)[C@H]1CC[C@H]2[C@@H]3CCC4CCCC[C@]4(C)[C@H]3CC[C@]12C)CCP(=O)(Cl)Cl. The lowest BCUT2D eigenvalue weighted by Crippen LogP contribution is -2.53. The van der Waals surface area contributed by atoms with Crippen molar-refractivity contribution in [1.29, 1.82) is 0 Å². The molecule has 0 radical (unpaired) electrons. The topological polar surface area (TPSA) is 17.1 Å². The predicted octanol–water partition coefficient (Wildman–Crippen LogP) is 10.8. The van der Waals surface area contributed by atoms with Crippen LogP contribution in [0.5, 0.6) is 0 Å². The first-order valence-corrected chi connectivity index (χ1v) is 18.1. The molecule has 192 valence electrons. The van der Waals surface area contributed by atoms with Gasteiger partial charge in [0.25, 0.3) is 5.85 Å². The molecule has 4 heteroatoms. The van der Waals surface area contributed by atoms with E-state index in [1.807, 2.05) is 0 Å². The van der Waals surface area contributed by atoms with Gasteiger partial charge < -0.3 is 0 Å². The minimum absolute atomic E-state index is 0.472. The van der Waals surface area contributed by atoms with Crippen molar-refractivity contribution < 1.29 is 4.57 Å². The van der Waals surface area contributed by atoms with Crippen LogP contribution in [-0.4, -0.2) is 6.16 Å². The molecule has 0 aliphatic heterocycles. The highest BCUT2D eigenvalue weighted by Gasteiger charge is 2.60. The molecule has 4 aliphatic rings. The van der Waals surface area contributed by atoms with Gasteiger partial charge in [0, 0.05) is 6.16 Å². The maximum absolute atomic E-state index is 11.8. The molecule has 0 saturated heterocycles. The third-order valence-electron chi connectivity index (χ3n) is 12.0. The molecule has 0 aromatic heterocycles. The van der Waals surface area contributed by atoms with Crippen molar-refractivity contribution in [3.8, 4) is 0 Å². The van der Waals surface area contributed by atoms with Crippen molar-refractivity contribution in [3.05, 3.63) is 0 Å². The van der Waals surface area contributed by atoms with Gasteiger partial charge in [0.05, 0.1) is 0 Å². The van der Waals surface area contributed by atoms with Crippen molar-refractivity contribution in [2.24, 2.45) is 58.2 Å². The molecule has 0 bridgehead atoms. The molecular formula is C29H51Cl2OP. The number of rotatable bonds is 8. The Bertz CT molecular complexity index is 718. The highest BCUT2D eigenvalue weighted by Crippen LogP contribution is 2.68. The van der Waals surface area contributed by atoms with Crippen LogP contribution in [0.25, 0.3) is 0 Å². The number of hydrogen-bond acceptors (Lipinski definition) is 1.